The Balaban J connectivity index is 1.71. The fourth-order valence-electron chi connectivity index (χ4n) is 3.00. The van der Waals surface area contributed by atoms with Crippen molar-refractivity contribution in [3.8, 4) is 11.3 Å². The van der Waals surface area contributed by atoms with E-state index in [1.54, 1.807) is 56.3 Å². The molecule has 1 aromatic heterocycles. The van der Waals surface area contributed by atoms with E-state index in [9.17, 15) is 13.8 Å². The van der Waals surface area contributed by atoms with Gasteiger partial charge in [0.15, 0.2) is 5.76 Å². The molecule has 3 aromatic rings. The lowest BCUT2D eigenvalue weighted by molar-refractivity contribution is -0.133. The van der Waals surface area contributed by atoms with Crippen LogP contribution in [-0.2, 0) is 26.1 Å². The average molecular weight is 477 g/mol. The number of nitrogens with one attached hydrogen (secondary N) is 1. The second-order valence-corrected chi connectivity index (χ2v) is 8.85. The Labute approximate surface area is 192 Å². The van der Waals surface area contributed by atoms with Gasteiger partial charge in [-0.1, -0.05) is 59.2 Å². The van der Waals surface area contributed by atoms with E-state index in [-0.39, 0.29) is 5.75 Å². The molecule has 0 radical (unpaired) electrons. The molecule has 0 aliphatic carbocycles. The van der Waals surface area contributed by atoms with Gasteiger partial charge in [-0.15, -0.1) is 0 Å². The lowest BCUT2D eigenvalue weighted by atomic mass is 10.1. The smallest absolute Gasteiger partial charge is 0.412 e. The molecule has 10 heteroatoms. The van der Waals surface area contributed by atoms with Gasteiger partial charge in [0.05, 0.1) is 0 Å². The minimum Gasteiger partial charge on any atom is -0.481 e. The zero-order chi connectivity index (χ0) is 23.3. The summed E-state index contributed by atoms with van der Waals surface area (Å²) in [4.78, 5) is 23.1. The van der Waals surface area contributed by atoms with Crippen LogP contribution in [0.5, 0.6) is 0 Å². The Bertz CT molecular complexity index is 1150. The molecule has 0 aliphatic rings. The summed E-state index contributed by atoms with van der Waals surface area (Å²) in [5.41, 5.74) is 2.86. The van der Waals surface area contributed by atoms with E-state index in [4.69, 9.17) is 26.0 Å². The molecule has 2 N–H and O–H groups in total. The second-order valence-electron chi connectivity index (χ2n) is 6.99. The Hall–Kier alpha value is -3.17. The summed E-state index contributed by atoms with van der Waals surface area (Å²) in [6.45, 7) is 3.40. The summed E-state index contributed by atoms with van der Waals surface area (Å²) in [5, 5.41) is 15.8. The van der Waals surface area contributed by atoms with E-state index in [1.165, 1.54) is 0 Å². The van der Waals surface area contributed by atoms with Crippen molar-refractivity contribution in [2.75, 3.05) is 11.1 Å². The van der Waals surface area contributed by atoms with Crippen LogP contribution in [0, 0.1) is 6.92 Å². The Kier molecular flexibility index (Phi) is 7.66. The highest BCUT2D eigenvalue weighted by Crippen LogP contribution is 2.32. The molecule has 168 valence electrons. The standard InChI is InChI=1S/C22H21ClN2O6S/c1-13-20(24-22(28)30-14(2)17-5-3-4-6-18(17)23)21(31-25-13)16-9-7-15(8-10-16)11-32(29)12-19(26)27/h3-10,14H,11-12H2,1-2H3,(H,24,28)(H,26,27). The molecule has 0 aliphatic heterocycles. The molecule has 0 spiro atoms. The van der Waals surface area contributed by atoms with Crippen molar-refractivity contribution in [2.24, 2.45) is 0 Å². The number of carbonyl (C=O) groups excluding carboxylic acids is 1. The summed E-state index contributed by atoms with van der Waals surface area (Å²) < 4.78 is 22.6. The predicted octanol–water partition coefficient (Wildman–Crippen LogP) is 4.95. The molecule has 32 heavy (non-hydrogen) atoms. The quantitative estimate of drug-likeness (QED) is 0.472. The van der Waals surface area contributed by atoms with Crippen LogP contribution in [0.15, 0.2) is 53.1 Å². The summed E-state index contributed by atoms with van der Waals surface area (Å²) in [5.74, 6) is -1.06. The number of anilines is 1. The molecule has 3 rings (SSSR count). The first-order valence-corrected chi connectivity index (χ1v) is 11.5. The number of hydrogen-bond acceptors (Lipinski definition) is 6. The van der Waals surface area contributed by atoms with Crippen molar-refractivity contribution >= 4 is 40.2 Å². The van der Waals surface area contributed by atoms with Gasteiger partial charge in [0.1, 0.15) is 23.2 Å². The van der Waals surface area contributed by atoms with Crippen LogP contribution in [0.3, 0.4) is 0 Å². The van der Waals surface area contributed by atoms with Crippen LogP contribution >= 0.6 is 11.6 Å². The van der Waals surface area contributed by atoms with Crippen LogP contribution in [0.2, 0.25) is 5.02 Å². The zero-order valence-corrected chi connectivity index (χ0v) is 18.9. The molecule has 1 amide bonds. The fraction of sp³-hybridized carbons (Fsp3) is 0.227. The topological polar surface area (TPSA) is 119 Å². The van der Waals surface area contributed by atoms with Gasteiger partial charge in [0.2, 0.25) is 0 Å². The van der Waals surface area contributed by atoms with Crippen molar-refractivity contribution in [1.82, 2.24) is 5.16 Å². The number of benzene rings is 2. The Morgan fingerprint density at radius 2 is 1.91 bits per heavy atom. The predicted molar refractivity (Wildman–Crippen MR) is 121 cm³/mol. The van der Waals surface area contributed by atoms with Crippen molar-refractivity contribution in [3.05, 3.63) is 70.4 Å². The summed E-state index contributed by atoms with van der Waals surface area (Å²) in [7, 11) is -1.50. The number of aryl methyl sites for hydroxylation is 1. The van der Waals surface area contributed by atoms with Gasteiger partial charge in [-0.05, 0) is 25.5 Å². The van der Waals surface area contributed by atoms with Crippen LogP contribution in [0.25, 0.3) is 11.3 Å². The van der Waals surface area contributed by atoms with Gasteiger partial charge in [-0.2, -0.15) is 0 Å². The van der Waals surface area contributed by atoms with E-state index < -0.39 is 34.7 Å². The molecular formula is C22H21ClN2O6S. The van der Waals surface area contributed by atoms with Gasteiger partial charge in [0.25, 0.3) is 0 Å². The number of amides is 1. The number of ether oxygens (including phenoxy) is 1. The SMILES string of the molecule is Cc1noc(-c2ccc(CS(=O)CC(=O)O)cc2)c1NC(=O)OC(C)c1ccccc1Cl. The van der Waals surface area contributed by atoms with Gasteiger partial charge in [0, 0.05) is 32.7 Å². The third kappa shape index (κ3) is 5.95. The lowest BCUT2D eigenvalue weighted by Gasteiger charge is -2.15. The number of rotatable bonds is 8. The molecule has 0 saturated heterocycles. The number of carbonyl (C=O) groups is 2. The normalized spacial score (nSPS) is 12.7. The third-order valence-electron chi connectivity index (χ3n) is 4.55. The number of carboxylic acid groups (broad SMARTS) is 1. The minimum atomic E-state index is -1.50. The van der Waals surface area contributed by atoms with Gasteiger partial charge in [-0.3, -0.25) is 14.3 Å². The molecule has 2 unspecified atom stereocenters. The van der Waals surface area contributed by atoms with Crippen molar-refractivity contribution in [2.45, 2.75) is 25.7 Å². The van der Waals surface area contributed by atoms with Gasteiger partial charge in [-0.25, -0.2) is 4.79 Å². The minimum absolute atomic E-state index is 0.124. The highest BCUT2D eigenvalue weighted by Gasteiger charge is 2.20. The Morgan fingerprint density at radius 3 is 2.56 bits per heavy atom. The molecule has 2 aromatic carbocycles. The number of aromatic nitrogens is 1. The highest BCUT2D eigenvalue weighted by atomic mass is 35.5. The van der Waals surface area contributed by atoms with Crippen LogP contribution in [0.1, 0.15) is 29.8 Å². The number of aliphatic carboxylic acids is 1. The van der Waals surface area contributed by atoms with E-state index >= 15 is 0 Å². The van der Waals surface area contributed by atoms with Crippen LogP contribution in [0.4, 0.5) is 10.5 Å². The lowest BCUT2D eigenvalue weighted by Crippen LogP contribution is -2.17. The van der Waals surface area contributed by atoms with E-state index in [2.05, 4.69) is 10.5 Å². The largest absolute Gasteiger partial charge is 0.481 e. The summed E-state index contributed by atoms with van der Waals surface area (Å²) in [6, 6.07) is 14.0. The maximum absolute atomic E-state index is 12.5. The van der Waals surface area contributed by atoms with Crippen molar-refractivity contribution in [1.29, 1.82) is 0 Å². The molecule has 2 atom stereocenters. The molecular weight excluding hydrogens is 456 g/mol. The van der Waals surface area contributed by atoms with Crippen molar-refractivity contribution in [3.63, 3.8) is 0 Å². The highest BCUT2D eigenvalue weighted by molar-refractivity contribution is 7.84. The van der Waals surface area contributed by atoms with Crippen LogP contribution < -0.4 is 5.32 Å². The first-order chi connectivity index (χ1) is 15.2. The van der Waals surface area contributed by atoms with E-state index in [0.29, 0.717) is 38.9 Å². The summed E-state index contributed by atoms with van der Waals surface area (Å²) in [6.07, 6.45) is -1.26. The third-order valence-corrected chi connectivity index (χ3v) is 6.11. The van der Waals surface area contributed by atoms with Gasteiger partial charge < -0.3 is 14.4 Å². The van der Waals surface area contributed by atoms with E-state index in [0.717, 1.165) is 0 Å². The van der Waals surface area contributed by atoms with Crippen LogP contribution in [-0.4, -0.2) is 32.3 Å². The number of hydrogen-bond donors (Lipinski definition) is 2. The maximum atomic E-state index is 12.5. The van der Waals surface area contributed by atoms with E-state index in [1.807, 2.05) is 6.07 Å². The molecule has 0 fully saturated rings. The number of carboxylic acids is 1. The monoisotopic (exact) mass is 476 g/mol. The number of nitrogens with zero attached hydrogens (tertiary/aromatic N) is 1. The van der Waals surface area contributed by atoms with Gasteiger partial charge >= 0.3 is 12.1 Å². The fourth-order valence-corrected chi connectivity index (χ4v) is 4.23. The zero-order valence-electron chi connectivity index (χ0n) is 17.3. The van der Waals surface area contributed by atoms with Crippen molar-refractivity contribution < 1.29 is 28.2 Å². The first-order valence-electron chi connectivity index (χ1n) is 9.59. The number of halogens is 1. The second kappa shape index (κ2) is 10.4. The Morgan fingerprint density at radius 1 is 1.22 bits per heavy atom. The molecule has 0 bridgehead atoms. The maximum Gasteiger partial charge on any atom is 0.412 e. The molecule has 1 heterocycles. The molecule has 0 saturated carbocycles. The summed E-state index contributed by atoms with van der Waals surface area (Å²) >= 11 is 6.16. The first kappa shape index (κ1) is 23.5. The average Bonchev–Trinajstić information content (AvgIpc) is 3.08. The molecule has 8 nitrogen and oxygen atoms in total.